The molecule has 78 valence electrons. The second-order valence-electron chi connectivity index (χ2n) is 3.22. The molecular weight excluding hydrogens is 222 g/mol. The number of hydrogen-bond acceptors (Lipinski definition) is 3. The Hall–Kier alpha value is -1.92. The van der Waals surface area contributed by atoms with Gasteiger partial charge in [-0.15, -0.1) is 0 Å². The molecule has 0 aromatic carbocycles. The summed E-state index contributed by atoms with van der Waals surface area (Å²) in [6, 6.07) is 9.34. The van der Waals surface area contributed by atoms with Crippen molar-refractivity contribution in [2.24, 2.45) is 0 Å². The van der Waals surface area contributed by atoms with E-state index in [2.05, 4.69) is 16.0 Å². The average Bonchev–Trinajstić information content (AvgIpc) is 2.33. The second kappa shape index (κ2) is 4.73. The zero-order chi connectivity index (χ0) is 11.4. The first-order valence-corrected chi connectivity index (χ1v) is 5.12. The summed E-state index contributed by atoms with van der Waals surface area (Å²) in [7, 11) is 0. The summed E-state index contributed by atoms with van der Waals surface area (Å²) in [5.41, 5.74) is 2.46. The Bertz CT molecular complexity index is 532. The number of rotatable bonds is 2. The van der Waals surface area contributed by atoms with Gasteiger partial charge in [-0.1, -0.05) is 17.7 Å². The van der Waals surface area contributed by atoms with Gasteiger partial charge in [0.25, 0.3) is 0 Å². The second-order valence-corrected chi connectivity index (χ2v) is 3.61. The number of pyridine rings is 2. The molecule has 0 atom stereocenters. The van der Waals surface area contributed by atoms with Crippen LogP contribution < -0.4 is 0 Å². The predicted molar refractivity (Wildman–Crippen MR) is 61.8 cm³/mol. The topological polar surface area (TPSA) is 49.6 Å². The third-order valence-electron chi connectivity index (χ3n) is 2.15. The van der Waals surface area contributed by atoms with E-state index in [-0.39, 0.29) is 0 Å². The number of aromatic nitrogens is 2. The van der Waals surface area contributed by atoms with Gasteiger partial charge in [0.1, 0.15) is 5.15 Å². The van der Waals surface area contributed by atoms with E-state index in [1.165, 1.54) is 0 Å². The van der Waals surface area contributed by atoms with Gasteiger partial charge in [-0.25, -0.2) is 4.98 Å². The zero-order valence-corrected chi connectivity index (χ0v) is 9.15. The molecular formula is C12H8ClN3. The molecule has 0 spiro atoms. The van der Waals surface area contributed by atoms with Crippen molar-refractivity contribution in [2.75, 3.05) is 0 Å². The molecule has 0 saturated carbocycles. The fourth-order valence-corrected chi connectivity index (χ4v) is 1.59. The number of hydrogen-bond donors (Lipinski definition) is 0. The van der Waals surface area contributed by atoms with Crippen molar-refractivity contribution in [1.82, 2.24) is 9.97 Å². The van der Waals surface area contributed by atoms with E-state index in [1.807, 2.05) is 18.2 Å². The SMILES string of the molecule is N#CCc1ccc(Cl)nc1-c1cccnc1. The monoisotopic (exact) mass is 229 g/mol. The average molecular weight is 230 g/mol. The highest BCUT2D eigenvalue weighted by Gasteiger charge is 2.07. The van der Waals surface area contributed by atoms with Gasteiger partial charge in [-0.3, -0.25) is 4.98 Å². The maximum atomic E-state index is 8.73. The first-order valence-electron chi connectivity index (χ1n) is 4.74. The minimum Gasteiger partial charge on any atom is -0.264 e. The van der Waals surface area contributed by atoms with Crippen LogP contribution in [-0.4, -0.2) is 9.97 Å². The van der Waals surface area contributed by atoms with E-state index in [9.17, 15) is 0 Å². The molecule has 0 aliphatic rings. The van der Waals surface area contributed by atoms with Crippen LogP contribution in [0.3, 0.4) is 0 Å². The Balaban J connectivity index is 2.55. The molecule has 16 heavy (non-hydrogen) atoms. The highest BCUT2D eigenvalue weighted by molar-refractivity contribution is 6.29. The molecule has 0 bridgehead atoms. The summed E-state index contributed by atoms with van der Waals surface area (Å²) in [6.07, 6.45) is 3.71. The van der Waals surface area contributed by atoms with Gasteiger partial charge in [0, 0.05) is 18.0 Å². The minimum atomic E-state index is 0.314. The summed E-state index contributed by atoms with van der Waals surface area (Å²) in [4.78, 5) is 8.26. The summed E-state index contributed by atoms with van der Waals surface area (Å²) < 4.78 is 0. The van der Waals surface area contributed by atoms with Crippen LogP contribution in [0.5, 0.6) is 0 Å². The van der Waals surface area contributed by atoms with Gasteiger partial charge in [-0.05, 0) is 23.8 Å². The Labute approximate surface area is 98.4 Å². The van der Waals surface area contributed by atoms with E-state index in [1.54, 1.807) is 18.5 Å². The molecule has 2 rings (SSSR count). The minimum absolute atomic E-state index is 0.314. The number of halogens is 1. The van der Waals surface area contributed by atoms with Gasteiger partial charge in [0.05, 0.1) is 18.2 Å². The molecule has 0 unspecified atom stereocenters. The van der Waals surface area contributed by atoms with Gasteiger partial charge in [0.15, 0.2) is 0 Å². The molecule has 4 heteroatoms. The fourth-order valence-electron chi connectivity index (χ4n) is 1.44. The normalized spacial score (nSPS) is 9.75. The van der Waals surface area contributed by atoms with Crippen LogP contribution in [0.25, 0.3) is 11.3 Å². The van der Waals surface area contributed by atoms with Crippen molar-refractivity contribution in [1.29, 1.82) is 5.26 Å². The highest BCUT2D eigenvalue weighted by atomic mass is 35.5. The lowest BCUT2D eigenvalue weighted by atomic mass is 10.1. The van der Waals surface area contributed by atoms with Crippen molar-refractivity contribution >= 4 is 11.6 Å². The molecule has 3 nitrogen and oxygen atoms in total. The Morgan fingerprint density at radius 1 is 1.31 bits per heavy atom. The summed E-state index contributed by atoms with van der Waals surface area (Å²) in [5.74, 6) is 0. The number of nitrogens with zero attached hydrogens (tertiary/aromatic N) is 3. The smallest absolute Gasteiger partial charge is 0.129 e. The van der Waals surface area contributed by atoms with Crippen LogP contribution >= 0.6 is 11.6 Å². The van der Waals surface area contributed by atoms with Crippen molar-refractivity contribution in [3.63, 3.8) is 0 Å². The molecule has 0 amide bonds. The van der Waals surface area contributed by atoms with Crippen LogP contribution in [0.1, 0.15) is 5.56 Å². The van der Waals surface area contributed by atoms with Gasteiger partial charge in [-0.2, -0.15) is 5.26 Å². The number of nitriles is 1. The van der Waals surface area contributed by atoms with Crippen LogP contribution in [0, 0.1) is 11.3 Å². The van der Waals surface area contributed by atoms with Crippen molar-refractivity contribution in [2.45, 2.75) is 6.42 Å². The maximum Gasteiger partial charge on any atom is 0.129 e. The third kappa shape index (κ3) is 2.18. The molecule has 2 aromatic heterocycles. The maximum absolute atomic E-state index is 8.73. The summed E-state index contributed by atoms with van der Waals surface area (Å²) in [5, 5.41) is 9.15. The van der Waals surface area contributed by atoms with E-state index in [0.29, 0.717) is 11.6 Å². The largest absolute Gasteiger partial charge is 0.264 e. The molecule has 0 radical (unpaired) electrons. The summed E-state index contributed by atoms with van der Waals surface area (Å²) in [6.45, 7) is 0. The zero-order valence-electron chi connectivity index (χ0n) is 8.39. The van der Waals surface area contributed by atoms with Crippen molar-refractivity contribution < 1.29 is 0 Å². The summed E-state index contributed by atoms with van der Waals surface area (Å²) >= 11 is 5.85. The molecule has 2 aromatic rings. The molecule has 0 saturated heterocycles. The molecule has 0 fully saturated rings. The molecule has 0 N–H and O–H groups in total. The van der Waals surface area contributed by atoms with Crippen LogP contribution in [0.2, 0.25) is 5.15 Å². The van der Waals surface area contributed by atoms with E-state index >= 15 is 0 Å². The van der Waals surface area contributed by atoms with Crippen molar-refractivity contribution in [3.05, 3.63) is 47.4 Å². The van der Waals surface area contributed by atoms with Gasteiger partial charge in [0.2, 0.25) is 0 Å². The van der Waals surface area contributed by atoms with Crippen molar-refractivity contribution in [3.8, 4) is 17.3 Å². The highest BCUT2D eigenvalue weighted by Crippen LogP contribution is 2.22. The lowest BCUT2D eigenvalue weighted by Gasteiger charge is -2.05. The predicted octanol–water partition coefficient (Wildman–Crippen LogP) is 2.86. The first-order chi connectivity index (χ1) is 7.81. The van der Waals surface area contributed by atoms with Crippen LogP contribution in [0.15, 0.2) is 36.7 Å². The lowest BCUT2D eigenvalue weighted by Crippen LogP contribution is -1.93. The Morgan fingerprint density at radius 2 is 2.19 bits per heavy atom. The quantitative estimate of drug-likeness (QED) is 0.744. The lowest BCUT2D eigenvalue weighted by molar-refractivity contribution is 1.19. The Morgan fingerprint density at radius 3 is 2.88 bits per heavy atom. The Kier molecular flexibility index (Phi) is 3.13. The molecule has 0 aliphatic heterocycles. The fraction of sp³-hybridized carbons (Fsp3) is 0.0833. The van der Waals surface area contributed by atoms with E-state index in [0.717, 1.165) is 16.8 Å². The van der Waals surface area contributed by atoms with E-state index in [4.69, 9.17) is 16.9 Å². The first kappa shape index (κ1) is 10.6. The molecule has 0 aliphatic carbocycles. The van der Waals surface area contributed by atoms with Crippen LogP contribution in [0.4, 0.5) is 0 Å². The van der Waals surface area contributed by atoms with Gasteiger partial charge < -0.3 is 0 Å². The third-order valence-corrected chi connectivity index (χ3v) is 2.36. The van der Waals surface area contributed by atoms with Gasteiger partial charge >= 0.3 is 0 Å². The van der Waals surface area contributed by atoms with Crippen LogP contribution in [-0.2, 0) is 6.42 Å². The van der Waals surface area contributed by atoms with E-state index < -0.39 is 0 Å². The molecule has 2 heterocycles. The standard InChI is InChI=1S/C12H8ClN3/c13-11-4-3-9(5-6-14)12(16-11)10-2-1-7-15-8-10/h1-4,7-8H,5H2.